The van der Waals surface area contributed by atoms with E-state index in [2.05, 4.69) is 40.2 Å². The van der Waals surface area contributed by atoms with Crippen LogP contribution >= 0.6 is 27.5 Å². The number of nitrogens with one attached hydrogen (secondary N) is 1. The molecule has 0 saturated carbocycles. The predicted octanol–water partition coefficient (Wildman–Crippen LogP) is 4.95. The third-order valence-corrected chi connectivity index (χ3v) is 3.42. The molecule has 1 nitrogen and oxygen atoms in total. The average molecular weight is 329 g/mol. The monoisotopic (exact) mass is 327 g/mol. The summed E-state index contributed by atoms with van der Waals surface area (Å²) in [5.41, 5.74) is 1.22. The molecule has 0 amide bonds. The largest absolute Gasteiger partial charge is 0.310 e. The number of rotatable bonds is 7. The van der Waals surface area contributed by atoms with E-state index in [-0.39, 0.29) is 0 Å². The van der Waals surface area contributed by atoms with Gasteiger partial charge in [0.2, 0.25) is 0 Å². The lowest BCUT2D eigenvalue weighted by Gasteiger charge is -2.19. The fourth-order valence-electron chi connectivity index (χ4n) is 1.89. The van der Waals surface area contributed by atoms with E-state index in [1.807, 2.05) is 12.1 Å². The van der Waals surface area contributed by atoms with Gasteiger partial charge in [0.15, 0.2) is 0 Å². The summed E-state index contributed by atoms with van der Waals surface area (Å²) in [4.78, 5) is 0. The lowest BCUT2D eigenvalue weighted by atomic mass is 10.0. The molecule has 0 saturated heterocycles. The van der Waals surface area contributed by atoms with Gasteiger partial charge in [0.25, 0.3) is 0 Å². The van der Waals surface area contributed by atoms with E-state index >= 15 is 0 Å². The molecule has 18 heavy (non-hydrogen) atoms. The standard InChI is InChI=1S/C15H19BrClN/c1-3-5-6-7-15(18-8-4-2)12-9-13(16)11-14(17)10-12/h1,9-11,15,18H,4-8H2,2H3. The van der Waals surface area contributed by atoms with Crippen molar-refractivity contribution in [1.82, 2.24) is 5.32 Å². The quantitative estimate of drug-likeness (QED) is 0.552. The predicted molar refractivity (Wildman–Crippen MR) is 82.9 cm³/mol. The Morgan fingerprint density at radius 1 is 1.44 bits per heavy atom. The number of benzene rings is 1. The van der Waals surface area contributed by atoms with Crippen molar-refractivity contribution in [2.75, 3.05) is 6.54 Å². The number of hydrogen-bond acceptors (Lipinski definition) is 1. The Morgan fingerprint density at radius 3 is 2.83 bits per heavy atom. The van der Waals surface area contributed by atoms with Gasteiger partial charge in [0, 0.05) is 22.0 Å². The van der Waals surface area contributed by atoms with E-state index in [0.29, 0.717) is 6.04 Å². The third kappa shape index (κ3) is 5.44. The molecule has 0 spiro atoms. The molecule has 1 rings (SSSR count). The van der Waals surface area contributed by atoms with Gasteiger partial charge in [-0.15, -0.1) is 12.3 Å². The van der Waals surface area contributed by atoms with Gasteiger partial charge < -0.3 is 5.32 Å². The van der Waals surface area contributed by atoms with Crippen LogP contribution in [-0.2, 0) is 0 Å². The van der Waals surface area contributed by atoms with E-state index in [1.165, 1.54) is 5.56 Å². The first kappa shape index (κ1) is 15.6. The summed E-state index contributed by atoms with van der Waals surface area (Å²) in [6, 6.07) is 6.38. The van der Waals surface area contributed by atoms with Crippen LogP contribution in [0.25, 0.3) is 0 Å². The minimum absolute atomic E-state index is 0.327. The molecule has 3 heteroatoms. The molecule has 1 aromatic rings. The van der Waals surface area contributed by atoms with Crippen molar-refractivity contribution in [3.8, 4) is 12.3 Å². The molecule has 1 aromatic carbocycles. The zero-order chi connectivity index (χ0) is 13.4. The molecule has 0 heterocycles. The van der Waals surface area contributed by atoms with Crippen molar-refractivity contribution in [2.24, 2.45) is 0 Å². The van der Waals surface area contributed by atoms with Crippen LogP contribution in [0.2, 0.25) is 5.02 Å². The molecule has 0 radical (unpaired) electrons. The molecule has 0 aromatic heterocycles. The summed E-state index contributed by atoms with van der Waals surface area (Å²) in [7, 11) is 0. The SMILES string of the molecule is C#CCCCC(NCCC)c1cc(Cl)cc(Br)c1. The molecule has 0 bridgehead atoms. The Kier molecular flexibility index (Phi) is 7.42. The Hall–Kier alpha value is -0.490. The van der Waals surface area contributed by atoms with E-state index in [0.717, 1.165) is 41.7 Å². The molecule has 98 valence electrons. The fourth-order valence-corrected chi connectivity index (χ4v) is 2.78. The van der Waals surface area contributed by atoms with Crippen LogP contribution in [0, 0.1) is 12.3 Å². The summed E-state index contributed by atoms with van der Waals surface area (Å²) in [6.07, 6.45) is 9.32. The zero-order valence-corrected chi connectivity index (χ0v) is 13.0. The second-order valence-corrected chi connectivity index (χ2v) is 5.66. The topological polar surface area (TPSA) is 12.0 Å². The van der Waals surface area contributed by atoms with Gasteiger partial charge in [-0.25, -0.2) is 0 Å². The lowest BCUT2D eigenvalue weighted by Crippen LogP contribution is -2.22. The fraction of sp³-hybridized carbons (Fsp3) is 0.467. The number of hydrogen-bond donors (Lipinski definition) is 1. The number of halogens is 2. The first-order chi connectivity index (χ1) is 8.67. The highest BCUT2D eigenvalue weighted by Gasteiger charge is 2.11. The lowest BCUT2D eigenvalue weighted by molar-refractivity contribution is 0.487. The molecule has 1 atom stereocenters. The van der Waals surface area contributed by atoms with E-state index in [4.69, 9.17) is 18.0 Å². The third-order valence-electron chi connectivity index (χ3n) is 2.74. The minimum atomic E-state index is 0.327. The smallest absolute Gasteiger partial charge is 0.0420 e. The van der Waals surface area contributed by atoms with Crippen LogP contribution in [0.3, 0.4) is 0 Å². The van der Waals surface area contributed by atoms with Crippen LogP contribution < -0.4 is 5.32 Å². The second-order valence-electron chi connectivity index (χ2n) is 4.31. The maximum atomic E-state index is 6.10. The number of terminal acetylenes is 1. The zero-order valence-electron chi connectivity index (χ0n) is 10.7. The molecule has 1 N–H and O–H groups in total. The normalized spacial score (nSPS) is 12.1. The van der Waals surface area contributed by atoms with Crippen LogP contribution in [0.1, 0.15) is 44.2 Å². The second kappa shape index (κ2) is 8.58. The Balaban J connectivity index is 2.76. The van der Waals surface area contributed by atoms with Gasteiger partial charge in [-0.3, -0.25) is 0 Å². The Morgan fingerprint density at radius 2 is 2.22 bits per heavy atom. The van der Waals surface area contributed by atoms with Gasteiger partial charge in [-0.2, -0.15) is 0 Å². The summed E-state index contributed by atoms with van der Waals surface area (Å²) in [5.74, 6) is 2.69. The molecule has 0 fully saturated rings. The Bertz CT molecular complexity index is 391. The number of unbranched alkanes of at least 4 members (excludes halogenated alkanes) is 1. The summed E-state index contributed by atoms with van der Waals surface area (Å²) in [5, 5.41) is 4.31. The van der Waals surface area contributed by atoms with Crippen molar-refractivity contribution < 1.29 is 0 Å². The molecule has 0 aliphatic carbocycles. The van der Waals surface area contributed by atoms with Gasteiger partial charge in [-0.05, 0) is 49.6 Å². The highest BCUT2D eigenvalue weighted by atomic mass is 79.9. The van der Waals surface area contributed by atoms with Crippen molar-refractivity contribution >= 4 is 27.5 Å². The summed E-state index contributed by atoms with van der Waals surface area (Å²) in [6.45, 7) is 3.17. The van der Waals surface area contributed by atoms with E-state index in [1.54, 1.807) is 0 Å². The highest BCUT2D eigenvalue weighted by molar-refractivity contribution is 9.10. The summed E-state index contributed by atoms with van der Waals surface area (Å²) < 4.78 is 1.02. The van der Waals surface area contributed by atoms with Crippen LogP contribution in [0.5, 0.6) is 0 Å². The maximum Gasteiger partial charge on any atom is 0.0420 e. The highest BCUT2D eigenvalue weighted by Crippen LogP contribution is 2.26. The summed E-state index contributed by atoms with van der Waals surface area (Å²) >= 11 is 9.59. The first-order valence-electron chi connectivity index (χ1n) is 6.30. The average Bonchev–Trinajstić information content (AvgIpc) is 2.32. The van der Waals surface area contributed by atoms with Crippen molar-refractivity contribution in [1.29, 1.82) is 0 Å². The van der Waals surface area contributed by atoms with Crippen molar-refractivity contribution in [3.05, 3.63) is 33.3 Å². The van der Waals surface area contributed by atoms with Gasteiger partial charge >= 0.3 is 0 Å². The van der Waals surface area contributed by atoms with Crippen molar-refractivity contribution in [3.63, 3.8) is 0 Å². The molecule has 0 aliphatic heterocycles. The minimum Gasteiger partial charge on any atom is -0.310 e. The maximum absolute atomic E-state index is 6.10. The first-order valence-corrected chi connectivity index (χ1v) is 7.47. The van der Waals surface area contributed by atoms with Crippen LogP contribution in [0.4, 0.5) is 0 Å². The molecular formula is C15H19BrClN. The molecule has 0 aliphatic rings. The molecule has 1 unspecified atom stereocenters. The van der Waals surface area contributed by atoms with Gasteiger partial charge in [-0.1, -0.05) is 34.5 Å². The molecular weight excluding hydrogens is 310 g/mol. The van der Waals surface area contributed by atoms with Gasteiger partial charge in [0.05, 0.1) is 0 Å². The van der Waals surface area contributed by atoms with Crippen LogP contribution in [0.15, 0.2) is 22.7 Å². The van der Waals surface area contributed by atoms with E-state index in [9.17, 15) is 0 Å². The van der Waals surface area contributed by atoms with Gasteiger partial charge in [0.1, 0.15) is 0 Å². The van der Waals surface area contributed by atoms with E-state index < -0.39 is 0 Å². The van der Waals surface area contributed by atoms with Crippen LogP contribution in [-0.4, -0.2) is 6.54 Å². The Labute approximate surface area is 123 Å². The van der Waals surface area contributed by atoms with Crippen molar-refractivity contribution in [2.45, 2.75) is 38.6 Å².